The molecule has 0 radical (unpaired) electrons. The Morgan fingerprint density at radius 3 is 1.84 bits per heavy atom. The molecule has 0 spiro atoms. The highest BCUT2D eigenvalue weighted by Crippen LogP contribution is 2.43. The van der Waals surface area contributed by atoms with Gasteiger partial charge in [0.05, 0.1) is 52.5 Å². The number of aliphatic hydroxyl groups excluding tert-OH is 3. The molecule has 1 unspecified atom stereocenters. The summed E-state index contributed by atoms with van der Waals surface area (Å²) in [7, 11) is 1.28. The van der Waals surface area contributed by atoms with Crippen molar-refractivity contribution in [3.63, 3.8) is 0 Å². The summed E-state index contributed by atoms with van der Waals surface area (Å²) in [6.07, 6.45) is 36.1. The number of unbranched alkanes of at least 4 members (excludes halogenated alkanes) is 19. The quantitative estimate of drug-likeness (QED) is 0.0151. The van der Waals surface area contributed by atoms with Gasteiger partial charge in [0.2, 0.25) is 0 Å². The van der Waals surface area contributed by atoms with E-state index in [1.54, 1.807) is 24.3 Å². The van der Waals surface area contributed by atoms with Crippen molar-refractivity contribution in [3.05, 3.63) is 36.5 Å². The number of nitrogens with zero attached hydrogens (tertiary/aromatic N) is 1. The zero-order valence-corrected chi connectivity index (χ0v) is 41.3. The van der Waals surface area contributed by atoms with Crippen LogP contribution in [0.2, 0.25) is 0 Å². The highest BCUT2D eigenvalue weighted by molar-refractivity contribution is 7.47. The van der Waals surface area contributed by atoms with E-state index < -0.39 is 50.8 Å². The lowest BCUT2D eigenvalue weighted by atomic mass is 9.89. The van der Waals surface area contributed by atoms with E-state index in [1.807, 2.05) is 21.1 Å². The highest BCUT2D eigenvalue weighted by atomic mass is 31.2. The van der Waals surface area contributed by atoms with E-state index >= 15 is 0 Å². The molecule has 0 aromatic rings. The van der Waals surface area contributed by atoms with Gasteiger partial charge < -0.3 is 34.2 Å². The fourth-order valence-corrected chi connectivity index (χ4v) is 8.49. The minimum Gasteiger partial charge on any atom is -0.462 e. The van der Waals surface area contributed by atoms with Gasteiger partial charge in [0.1, 0.15) is 19.8 Å². The van der Waals surface area contributed by atoms with E-state index in [0.717, 1.165) is 38.5 Å². The van der Waals surface area contributed by atoms with Gasteiger partial charge >= 0.3 is 19.8 Å². The fraction of sp³-hybridized carbons (Fsp3) is 0.840. The molecule has 4 N–H and O–H groups in total. The maximum atomic E-state index is 12.9. The molecule has 1 aliphatic carbocycles. The average molecular weight is 915 g/mol. The molecule has 12 nitrogen and oxygen atoms in total. The first-order valence-corrected chi connectivity index (χ1v) is 26.5. The Bertz CT molecular complexity index is 1290. The van der Waals surface area contributed by atoms with Gasteiger partial charge in [0.25, 0.3) is 0 Å². The van der Waals surface area contributed by atoms with Gasteiger partial charge in [-0.15, -0.1) is 0 Å². The van der Waals surface area contributed by atoms with Gasteiger partial charge in [-0.1, -0.05) is 159 Å². The number of phosphoric ester groups is 1. The van der Waals surface area contributed by atoms with Crippen molar-refractivity contribution in [1.29, 1.82) is 0 Å². The molecule has 63 heavy (non-hydrogen) atoms. The molecule has 1 rings (SSSR count). The number of carbonyl (C=O) groups is 2. The van der Waals surface area contributed by atoms with Gasteiger partial charge in [-0.05, 0) is 50.9 Å². The molecule has 13 heteroatoms. The lowest BCUT2D eigenvalue weighted by molar-refractivity contribution is -0.870. The molecule has 0 amide bonds. The Kier molecular flexibility index (Phi) is 34.9. The number of hydrogen-bond acceptors (Lipinski definition) is 10. The van der Waals surface area contributed by atoms with Crippen molar-refractivity contribution in [1.82, 2.24) is 0 Å². The number of aliphatic hydroxyl groups is 3. The maximum Gasteiger partial charge on any atom is 0.472 e. The number of rotatable bonds is 41. The number of esters is 2. The van der Waals surface area contributed by atoms with Gasteiger partial charge in [-0.2, -0.15) is 0 Å². The molecular weight excluding hydrogens is 822 g/mol. The Morgan fingerprint density at radius 2 is 1.25 bits per heavy atom. The minimum atomic E-state index is -4.47. The molecule has 7 atom stereocenters. The van der Waals surface area contributed by atoms with Crippen LogP contribution in [-0.4, -0.2) is 109 Å². The predicted molar refractivity (Wildman–Crippen MR) is 254 cm³/mol. The van der Waals surface area contributed by atoms with Crippen molar-refractivity contribution in [3.8, 4) is 0 Å². The Balaban J connectivity index is 2.43. The second-order valence-corrected chi connectivity index (χ2v) is 20.3. The van der Waals surface area contributed by atoms with E-state index in [2.05, 4.69) is 26.0 Å². The first kappa shape index (κ1) is 59.1. The average Bonchev–Trinajstić information content (AvgIpc) is 3.50. The molecule has 0 heterocycles. The van der Waals surface area contributed by atoms with Crippen LogP contribution in [-0.2, 0) is 32.7 Å². The van der Waals surface area contributed by atoms with E-state index in [-0.39, 0.29) is 44.3 Å². The van der Waals surface area contributed by atoms with Gasteiger partial charge in [-0.25, -0.2) is 4.57 Å². The molecule has 1 fully saturated rings. The molecular formula is C50H93NO11P+. The standard InChI is InChI=1S/C50H92NO11P/c1-6-8-10-11-12-13-14-15-16-17-18-19-20-21-22-23-24-25-26-27-29-34-49(55)59-41-44(42-61-63(57,58)60-39-38-51(3,4)5)62-50(56)35-31-30-33-45-46(48(54)40-47(45)53)37-36-43(52)32-28-9-7-2/h15-16,30-31,36-37,43-48,52-54H,6-14,17-29,32-35,38-42H2,1-5H3/p+1/b16-15-,31-30-,37-36+/t43-,44-,45+,46-,47+,48-/m1/s1. The maximum absolute atomic E-state index is 12.9. The van der Waals surface area contributed by atoms with Gasteiger partial charge in [0, 0.05) is 18.8 Å². The predicted octanol–water partition coefficient (Wildman–Crippen LogP) is 10.9. The minimum absolute atomic E-state index is 0.0257. The summed E-state index contributed by atoms with van der Waals surface area (Å²) in [5, 5.41) is 31.5. The normalized spacial score (nSPS) is 20.2. The summed E-state index contributed by atoms with van der Waals surface area (Å²) in [6, 6.07) is 0. The monoisotopic (exact) mass is 915 g/mol. The molecule has 368 valence electrons. The van der Waals surface area contributed by atoms with E-state index in [4.69, 9.17) is 18.5 Å². The van der Waals surface area contributed by atoms with Crippen LogP contribution in [0.3, 0.4) is 0 Å². The SMILES string of the molecule is CCCCCCCC/C=C\CCCCCCCCCCCCCC(=O)OC[C@H](COP(=O)(O)OCC[N+](C)(C)C)OC(=O)C/C=C\C[C@H]1[C@@H](/C=C/[C@H](O)CCCCC)[C@H](O)C[C@@H]1O. The number of allylic oxidation sites excluding steroid dienone is 3. The third-order valence-corrected chi connectivity index (χ3v) is 12.7. The molecule has 0 aliphatic heterocycles. The molecule has 1 aliphatic rings. The Hall–Kier alpha value is -1.89. The lowest BCUT2D eigenvalue weighted by Gasteiger charge is -2.24. The second-order valence-electron chi connectivity index (χ2n) is 18.8. The van der Waals surface area contributed by atoms with Crippen LogP contribution < -0.4 is 0 Å². The smallest absolute Gasteiger partial charge is 0.462 e. The molecule has 0 aromatic heterocycles. The lowest BCUT2D eigenvalue weighted by Crippen LogP contribution is -2.37. The highest BCUT2D eigenvalue weighted by Gasteiger charge is 2.39. The van der Waals surface area contributed by atoms with E-state index in [0.29, 0.717) is 30.3 Å². The molecule has 0 saturated heterocycles. The van der Waals surface area contributed by atoms with Gasteiger partial charge in [0.15, 0.2) is 6.10 Å². The zero-order chi connectivity index (χ0) is 46.6. The van der Waals surface area contributed by atoms with Crippen LogP contribution in [0.25, 0.3) is 0 Å². The number of likely N-dealkylation sites (N-methyl/N-ethyl adjacent to an activating group) is 1. The van der Waals surface area contributed by atoms with Crippen molar-refractivity contribution in [2.24, 2.45) is 11.8 Å². The number of carbonyl (C=O) groups excluding carboxylic acids is 2. The fourth-order valence-electron chi connectivity index (χ4n) is 7.75. The van der Waals surface area contributed by atoms with Crippen LogP contribution >= 0.6 is 7.82 Å². The third-order valence-electron chi connectivity index (χ3n) is 11.7. The van der Waals surface area contributed by atoms with Crippen molar-refractivity contribution in [2.45, 2.75) is 212 Å². The molecule has 0 bridgehead atoms. The largest absolute Gasteiger partial charge is 0.472 e. The summed E-state index contributed by atoms with van der Waals surface area (Å²) in [6.45, 7) is 3.95. The summed E-state index contributed by atoms with van der Waals surface area (Å²) < 4.78 is 34.3. The van der Waals surface area contributed by atoms with Crippen LogP contribution in [0.5, 0.6) is 0 Å². The van der Waals surface area contributed by atoms with Crippen molar-refractivity contribution in [2.75, 3.05) is 47.5 Å². The summed E-state index contributed by atoms with van der Waals surface area (Å²) in [5.74, 6) is -1.72. The Morgan fingerprint density at radius 1 is 0.698 bits per heavy atom. The van der Waals surface area contributed by atoms with E-state index in [1.165, 1.54) is 96.3 Å². The number of hydrogen-bond donors (Lipinski definition) is 4. The van der Waals surface area contributed by atoms with Crippen LogP contribution in [0.15, 0.2) is 36.5 Å². The van der Waals surface area contributed by atoms with Gasteiger partial charge in [-0.3, -0.25) is 18.6 Å². The van der Waals surface area contributed by atoms with Crippen LogP contribution in [0.1, 0.15) is 187 Å². The molecule has 0 aromatic carbocycles. The second kappa shape index (κ2) is 37.2. The molecule has 1 saturated carbocycles. The first-order chi connectivity index (χ1) is 30.2. The topological polar surface area (TPSA) is 169 Å². The Labute approximate surface area is 383 Å². The van der Waals surface area contributed by atoms with Crippen molar-refractivity contribution < 1.29 is 57.4 Å². The van der Waals surface area contributed by atoms with Crippen LogP contribution in [0.4, 0.5) is 0 Å². The van der Waals surface area contributed by atoms with Crippen LogP contribution in [0, 0.1) is 11.8 Å². The summed E-state index contributed by atoms with van der Waals surface area (Å²) in [4.78, 5) is 35.7. The summed E-state index contributed by atoms with van der Waals surface area (Å²) in [5.41, 5.74) is 0. The number of ether oxygens (including phenoxy) is 2. The first-order valence-electron chi connectivity index (χ1n) is 25.0. The summed E-state index contributed by atoms with van der Waals surface area (Å²) >= 11 is 0. The third kappa shape index (κ3) is 34.1. The van der Waals surface area contributed by atoms with Crippen molar-refractivity contribution >= 4 is 19.8 Å². The number of quaternary nitrogens is 1. The van der Waals surface area contributed by atoms with E-state index in [9.17, 15) is 34.4 Å². The zero-order valence-electron chi connectivity index (χ0n) is 40.4. The number of phosphoric acid groups is 1.